The third-order valence-corrected chi connectivity index (χ3v) is 5.47. The highest BCUT2D eigenvalue weighted by Crippen LogP contribution is 2.29. The zero-order valence-electron chi connectivity index (χ0n) is 16.3. The summed E-state index contributed by atoms with van der Waals surface area (Å²) in [6, 6.07) is 9.48. The van der Waals surface area contributed by atoms with E-state index in [0.29, 0.717) is 11.3 Å². The van der Waals surface area contributed by atoms with Crippen molar-refractivity contribution in [3.63, 3.8) is 0 Å². The Balaban J connectivity index is 1.35. The maximum absolute atomic E-state index is 13.1. The number of aryl methyl sites for hydroxylation is 2. The number of nitrogens with one attached hydrogen (secondary N) is 1. The number of aromatic nitrogens is 4. The molecule has 5 rings (SSSR count). The summed E-state index contributed by atoms with van der Waals surface area (Å²) in [5.74, 6) is 0.779. The predicted octanol–water partition coefficient (Wildman–Crippen LogP) is 3.68. The zero-order valence-corrected chi connectivity index (χ0v) is 16.3. The molecule has 0 spiro atoms. The molecule has 29 heavy (non-hydrogen) atoms. The van der Waals surface area contributed by atoms with Gasteiger partial charge in [0.2, 0.25) is 5.78 Å². The van der Waals surface area contributed by atoms with Gasteiger partial charge in [-0.2, -0.15) is 0 Å². The molecule has 1 saturated heterocycles. The van der Waals surface area contributed by atoms with Crippen LogP contribution in [0, 0.1) is 13.8 Å². The minimum atomic E-state index is -0.284. The first-order valence-electron chi connectivity index (χ1n) is 9.71. The predicted molar refractivity (Wildman–Crippen MR) is 108 cm³/mol. The molecule has 1 aliphatic rings. The lowest BCUT2D eigenvalue weighted by molar-refractivity contribution is 0.0947. The smallest absolute Gasteiger partial charge is 0.201 e. The lowest BCUT2D eigenvalue weighted by atomic mass is 10.1. The molecule has 1 fully saturated rings. The molecule has 0 amide bonds. The van der Waals surface area contributed by atoms with Crippen LogP contribution in [0.1, 0.15) is 46.5 Å². The van der Waals surface area contributed by atoms with Gasteiger partial charge in [0.25, 0.3) is 0 Å². The van der Waals surface area contributed by atoms with Gasteiger partial charge in [-0.05, 0) is 57.0 Å². The van der Waals surface area contributed by atoms with Crippen molar-refractivity contribution in [1.82, 2.24) is 24.7 Å². The van der Waals surface area contributed by atoms with E-state index in [0.717, 1.165) is 41.2 Å². The number of hydrogen-bond donors (Lipinski definition) is 1. The van der Waals surface area contributed by atoms with Gasteiger partial charge in [0.15, 0.2) is 11.3 Å². The molecule has 1 aliphatic heterocycles. The molecule has 7 nitrogen and oxygen atoms in total. The average molecular weight is 387 g/mol. The summed E-state index contributed by atoms with van der Waals surface area (Å²) < 4.78 is 7.27. The number of carbonyl (C=O) groups is 1. The summed E-state index contributed by atoms with van der Waals surface area (Å²) in [6.45, 7) is 3.91. The number of ketones is 1. The van der Waals surface area contributed by atoms with Crippen LogP contribution in [0.4, 0.5) is 0 Å². The molecule has 1 N–H and O–H groups in total. The molecule has 146 valence electrons. The van der Waals surface area contributed by atoms with Crippen LogP contribution in [0.2, 0.25) is 0 Å². The van der Waals surface area contributed by atoms with E-state index in [2.05, 4.69) is 20.3 Å². The summed E-state index contributed by atoms with van der Waals surface area (Å²) in [5, 5.41) is 3.43. The first-order valence-corrected chi connectivity index (χ1v) is 9.71. The van der Waals surface area contributed by atoms with E-state index in [-0.39, 0.29) is 17.9 Å². The van der Waals surface area contributed by atoms with Crippen molar-refractivity contribution >= 4 is 11.4 Å². The molecule has 0 aromatic carbocycles. The van der Waals surface area contributed by atoms with Crippen LogP contribution in [0.5, 0.6) is 0 Å². The van der Waals surface area contributed by atoms with Crippen molar-refractivity contribution in [3.05, 3.63) is 71.9 Å². The van der Waals surface area contributed by atoms with Gasteiger partial charge < -0.3 is 4.42 Å². The fourth-order valence-corrected chi connectivity index (χ4v) is 4.00. The number of furan rings is 1. The molecule has 4 aromatic rings. The largest absolute Gasteiger partial charge is 0.464 e. The number of hydrogen-bond acceptors (Lipinski definition) is 6. The van der Waals surface area contributed by atoms with E-state index in [1.807, 2.05) is 54.8 Å². The summed E-state index contributed by atoms with van der Waals surface area (Å²) >= 11 is 0. The van der Waals surface area contributed by atoms with Crippen LogP contribution in [-0.4, -0.2) is 31.2 Å². The van der Waals surface area contributed by atoms with E-state index in [4.69, 9.17) is 4.42 Å². The number of pyridine rings is 1. The Kier molecular flexibility index (Phi) is 4.24. The molecule has 0 aliphatic carbocycles. The van der Waals surface area contributed by atoms with Crippen LogP contribution in [0.25, 0.3) is 17.0 Å². The van der Waals surface area contributed by atoms with Gasteiger partial charge in [-0.1, -0.05) is 0 Å². The highest BCUT2D eigenvalue weighted by molar-refractivity contribution is 6.03. The van der Waals surface area contributed by atoms with Crippen LogP contribution >= 0.6 is 0 Å². The molecule has 4 aromatic heterocycles. The second-order valence-electron chi connectivity index (χ2n) is 7.49. The van der Waals surface area contributed by atoms with E-state index in [1.165, 1.54) is 0 Å². The summed E-state index contributed by atoms with van der Waals surface area (Å²) in [7, 11) is 0. The van der Waals surface area contributed by atoms with Gasteiger partial charge >= 0.3 is 0 Å². The molecule has 2 unspecified atom stereocenters. The van der Waals surface area contributed by atoms with Gasteiger partial charge in [0, 0.05) is 23.1 Å². The van der Waals surface area contributed by atoms with Crippen LogP contribution in [-0.2, 0) is 0 Å². The molecule has 0 saturated carbocycles. The quantitative estimate of drug-likeness (QED) is 0.538. The topological polar surface area (TPSA) is 85.3 Å². The Labute approximate surface area is 167 Å². The van der Waals surface area contributed by atoms with Gasteiger partial charge in [0.05, 0.1) is 24.0 Å². The Morgan fingerprint density at radius 3 is 2.86 bits per heavy atom. The first-order chi connectivity index (χ1) is 14.1. The fourth-order valence-electron chi connectivity index (χ4n) is 4.00. The molecule has 0 radical (unpaired) electrons. The van der Waals surface area contributed by atoms with Crippen molar-refractivity contribution in [2.75, 3.05) is 0 Å². The summed E-state index contributed by atoms with van der Waals surface area (Å²) in [6.07, 6.45) is 6.72. The van der Waals surface area contributed by atoms with Crippen LogP contribution in [0.3, 0.4) is 0 Å². The summed E-state index contributed by atoms with van der Waals surface area (Å²) in [5.41, 5.74) is 4.80. The van der Waals surface area contributed by atoms with E-state index >= 15 is 0 Å². The van der Waals surface area contributed by atoms with Crippen LogP contribution in [0.15, 0.2) is 53.5 Å². The van der Waals surface area contributed by atoms with Crippen molar-refractivity contribution < 1.29 is 9.21 Å². The molecular formula is C22H21N5O2. The Morgan fingerprint density at radius 2 is 2.10 bits per heavy atom. The Morgan fingerprint density at radius 1 is 1.21 bits per heavy atom. The molecular weight excluding hydrogens is 366 g/mol. The van der Waals surface area contributed by atoms with E-state index in [9.17, 15) is 4.79 Å². The highest BCUT2D eigenvalue weighted by Gasteiger charge is 2.33. The number of imidazole rings is 1. The zero-order chi connectivity index (χ0) is 20.0. The van der Waals surface area contributed by atoms with Crippen molar-refractivity contribution in [1.29, 1.82) is 0 Å². The molecule has 5 heterocycles. The van der Waals surface area contributed by atoms with Gasteiger partial charge in [-0.3, -0.25) is 19.5 Å². The van der Waals surface area contributed by atoms with Crippen molar-refractivity contribution in [2.45, 2.75) is 38.8 Å². The lowest BCUT2D eigenvalue weighted by Crippen LogP contribution is -2.33. The first kappa shape index (κ1) is 17.8. The Bertz CT molecular complexity index is 1180. The van der Waals surface area contributed by atoms with Gasteiger partial charge in [0.1, 0.15) is 12.1 Å². The van der Waals surface area contributed by atoms with Crippen molar-refractivity contribution in [3.8, 4) is 11.3 Å². The lowest BCUT2D eigenvalue weighted by Gasteiger charge is -2.13. The average Bonchev–Trinajstić information content (AvgIpc) is 3.47. The number of nitrogens with zero attached hydrogens (tertiary/aromatic N) is 4. The molecule has 7 heteroatoms. The minimum absolute atomic E-state index is 0.0142. The number of rotatable bonds is 4. The minimum Gasteiger partial charge on any atom is -0.464 e. The van der Waals surface area contributed by atoms with Crippen LogP contribution < -0.4 is 5.32 Å². The second kappa shape index (κ2) is 6.93. The highest BCUT2D eigenvalue weighted by atomic mass is 16.3. The monoisotopic (exact) mass is 387 g/mol. The van der Waals surface area contributed by atoms with E-state index in [1.54, 1.807) is 12.6 Å². The Hall–Kier alpha value is -3.32. The third kappa shape index (κ3) is 3.13. The summed E-state index contributed by atoms with van der Waals surface area (Å²) in [4.78, 5) is 26.6. The maximum atomic E-state index is 13.1. The van der Waals surface area contributed by atoms with Gasteiger partial charge in [-0.25, -0.2) is 9.97 Å². The number of carbonyl (C=O) groups excluding carboxylic acids is 1. The molecule has 2 atom stereocenters. The number of Topliss-reactive ketones (excluding diaryl/α,β-unsaturated/α-hetero) is 1. The van der Waals surface area contributed by atoms with E-state index < -0.39 is 0 Å². The van der Waals surface area contributed by atoms with Crippen molar-refractivity contribution in [2.24, 2.45) is 0 Å². The fraction of sp³-hybridized carbons (Fsp3) is 0.273. The molecule has 0 bridgehead atoms. The number of fused-ring (bicyclic) bond motifs is 1. The standard InChI is InChI=1S/C22H21N5O2/c1-13-10-14(2)27-12-24-20(22(27)25-13)21(28)18-8-7-17(26-18)16-6-5-15(11-23-16)19-4-3-9-29-19/h3-6,9-12,17-18,26H,7-8H2,1-2H3. The second-order valence-corrected chi connectivity index (χ2v) is 7.49. The maximum Gasteiger partial charge on any atom is 0.201 e. The van der Waals surface area contributed by atoms with Gasteiger partial charge in [-0.15, -0.1) is 0 Å². The third-order valence-electron chi connectivity index (χ3n) is 5.47. The normalized spacial score (nSPS) is 19.1. The SMILES string of the molecule is Cc1cc(C)n2cnc(C(=O)C3CCC(c4ccc(-c5ccco5)cn4)N3)c2n1.